The molecule has 0 aliphatic rings. The minimum absolute atomic E-state index is 0.463. The molecule has 3 heteroatoms. The molecule has 2 N–H and O–H groups in total. The summed E-state index contributed by atoms with van der Waals surface area (Å²) in [7, 11) is 0. The smallest absolute Gasteiger partial charge is 0.128 e. The van der Waals surface area contributed by atoms with Crippen molar-refractivity contribution in [2.24, 2.45) is 5.92 Å². The number of halogens is 1. The van der Waals surface area contributed by atoms with Crippen molar-refractivity contribution in [1.82, 2.24) is 0 Å². The zero-order valence-electron chi connectivity index (χ0n) is 6.42. The second-order valence-electron chi connectivity index (χ2n) is 2.53. The Bertz CT molecular complexity index is 77.7. The maximum Gasteiger partial charge on any atom is 0.128 e. The van der Waals surface area contributed by atoms with E-state index in [-0.39, 0.29) is 0 Å². The first-order valence-electron chi connectivity index (χ1n) is 3.56. The molecule has 0 bridgehead atoms. The quantitative estimate of drug-likeness (QED) is 0.620. The Kier molecular flexibility index (Phi) is 4.56. The second-order valence-corrected chi connectivity index (χ2v) is 2.53. The van der Waals surface area contributed by atoms with Crippen LogP contribution in [-0.2, 0) is 0 Å². The lowest BCUT2D eigenvalue weighted by atomic mass is 9.98. The summed E-state index contributed by atoms with van der Waals surface area (Å²) < 4.78 is 12.6. The Balaban J connectivity index is 3.69. The number of hydrogen-bond acceptors (Lipinski definition) is 2. The molecule has 0 saturated heterocycles. The third-order valence-corrected chi connectivity index (χ3v) is 1.77. The average Bonchev–Trinajstić information content (AvgIpc) is 2.00. The van der Waals surface area contributed by atoms with Crippen LogP contribution in [0.2, 0.25) is 0 Å². The molecule has 10 heavy (non-hydrogen) atoms. The van der Waals surface area contributed by atoms with E-state index in [1.807, 2.05) is 0 Å². The van der Waals surface area contributed by atoms with Gasteiger partial charge in [0, 0.05) is 5.92 Å². The van der Waals surface area contributed by atoms with Gasteiger partial charge in [0.25, 0.3) is 0 Å². The normalized spacial score (nSPS) is 20.1. The highest BCUT2D eigenvalue weighted by atomic mass is 19.1. The van der Waals surface area contributed by atoms with Gasteiger partial charge < -0.3 is 10.2 Å². The third-order valence-electron chi connectivity index (χ3n) is 1.77. The molecule has 1 unspecified atom stereocenters. The molecule has 0 rings (SSSR count). The summed E-state index contributed by atoms with van der Waals surface area (Å²) in [4.78, 5) is 0. The minimum Gasteiger partial charge on any atom is -0.393 e. The Morgan fingerprint density at radius 2 is 2.00 bits per heavy atom. The SMILES string of the molecule is CCC(O)[C@@H](C)[C@@H](F)CO. The van der Waals surface area contributed by atoms with Crippen LogP contribution in [0.3, 0.4) is 0 Å². The molecule has 0 spiro atoms. The Labute approximate surface area is 60.7 Å². The van der Waals surface area contributed by atoms with Crippen LogP contribution in [0, 0.1) is 5.92 Å². The molecule has 0 amide bonds. The van der Waals surface area contributed by atoms with E-state index in [2.05, 4.69) is 0 Å². The summed E-state index contributed by atoms with van der Waals surface area (Å²) in [5, 5.41) is 17.4. The van der Waals surface area contributed by atoms with Crippen molar-refractivity contribution in [2.45, 2.75) is 32.5 Å². The average molecular weight is 150 g/mol. The van der Waals surface area contributed by atoms with Gasteiger partial charge in [0.1, 0.15) is 6.17 Å². The van der Waals surface area contributed by atoms with Gasteiger partial charge >= 0.3 is 0 Å². The van der Waals surface area contributed by atoms with Crippen LogP contribution < -0.4 is 0 Å². The predicted octanol–water partition coefficient (Wildman–Crippen LogP) is 0.724. The number of aliphatic hydroxyl groups is 2. The Hall–Kier alpha value is -0.150. The third kappa shape index (κ3) is 2.62. The van der Waals surface area contributed by atoms with E-state index in [0.29, 0.717) is 6.42 Å². The van der Waals surface area contributed by atoms with E-state index in [4.69, 9.17) is 10.2 Å². The van der Waals surface area contributed by atoms with E-state index < -0.39 is 24.8 Å². The monoisotopic (exact) mass is 150 g/mol. The van der Waals surface area contributed by atoms with Crippen molar-refractivity contribution in [3.05, 3.63) is 0 Å². The molecule has 0 aliphatic heterocycles. The van der Waals surface area contributed by atoms with Gasteiger partial charge in [-0.1, -0.05) is 13.8 Å². The fourth-order valence-electron chi connectivity index (χ4n) is 0.779. The number of rotatable bonds is 4. The zero-order chi connectivity index (χ0) is 8.15. The van der Waals surface area contributed by atoms with Crippen molar-refractivity contribution in [1.29, 1.82) is 0 Å². The maximum absolute atomic E-state index is 12.6. The molecule has 0 fully saturated rings. The lowest BCUT2D eigenvalue weighted by molar-refractivity contribution is 0.0362. The molecule has 0 saturated carbocycles. The Morgan fingerprint density at radius 1 is 1.50 bits per heavy atom. The standard InChI is InChI=1S/C7H15FO2/c1-3-7(10)5(2)6(8)4-9/h5-7,9-10H,3-4H2,1-2H3/t5-,6-,7?/m0/s1. The molecule has 0 heterocycles. The molecular formula is C7H15FO2. The molecule has 0 aromatic carbocycles. The van der Waals surface area contributed by atoms with Gasteiger partial charge in [0.2, 0.25) is 0 Å². The van der Waals surface area contributed by atoms with Crippen LogP contribution in [0.15, 0.2) is 0 Å². The van der Waals surface area contributed by atoms with E-state index >= 15 is 0 Å². The molecule has 2 nitrogen and oxygen atoms in total. The van der Waals surface area contributed by atoms with E-state index in [0.717, 1.165) is 0 Å². The molecule has 0 radical (unpaired) electrons. The van der Waals surface area contributed by atoms with E-state index in [1.165, 1.54) is 0 Å². The summed E-state index contributed by atoms with van der Waals surface area (Å²) in [5.41, 5.74) is 0. The lowest BCUT2D eigenvalue weighted by Gasteiger charge is -2.19. The molecule has 62 valence electrons. The minimum atomic E-state index is -1.30. The highest BCUT2D eigenvalue weighted by molar-refractivity contribution is 4.70. The number of hydrogen-bond donors (Lipinski definition) is 2. The largest absolute Gasteiger partial charge is 0.393 e. The molecule has 0 aliphatic carbocycles. The van der Waals surface area contributed by atoms with Crippen molar-refractivity contribution in [3.8, 4) is 0 Å². The summed E-state index contributed by atoms with van der Waals surface area (Å²) in [6, 6.07) is 0. The van der Waals surface area contributed by atoms with Crippen molar-refractivity contribution < 1.29 is 14.6 Å². The van der Waals surface area contributed by atoms with Gasteiger partial charge in [0.05, 0.1) is 12.7 Å². The van der Waals surface area contributed by atoms with Crippen molar-refractivity contribution in [2.75, 3.05) is 6.61 Å². The predicted molar refractivity (Wildman–Crippen MR) is 37.4 cm³/mol. The summed E-state index contributed by atoms with van der Waals surface area (Å²) >= 11 is 0. The summed E-state index contributed by atoms with van der Waals surface area (Å²) in [6.45, 7) is 2.87. The highest BCUT2D eigenvalue weighted by Crippen LogP contribution is 2.13. The van der Waals surface area contributed by atoms with Crippen molar-refractivity contribution in [3.63, 3.8) is 0 Å². The van der Waals surface area contributed by atoms with E-state index in [1.54, 1.807) is 13.8 Å². The molecule has 0 aromatic rings. The van der Waals surface area contributed by atoms with Crippen LogP contribution in [0.25, 0.3) is 0 Å². The maximum atomic E-state index is 12.6. The van der Waals surface area contributed by atoms with Gasteiger partial charge in [-0.15, -0.1) is 0 Å². The van der Waals surface area contributed by atoms with Crippen LogP contribution in [0.1, 0.15) is 20.3 Å². The number of aliphatic hydroxyl groups excluding tert-OH is 2. The van der Waals surface area contributed by atoms with Gasteiger partial charge in [-0.3, -0.25) is 0 Å². The van der Waals surface area contributed by atoms with Crippen LogP contribution >= 0.6 is 0 Å². The molecule has 3 atom stereocenters. The second kappa shape index (κ2) is 4.63. The summed E-state index contributed by atoms with van der Waals surface area (Å²) in [6.07, 6.45) is -1.40. The van der Waals surface area contributed by atoms with Gasteiger partial charge in [-0.25, -0.2) is 4.39 Å². The number of alkyl halides is 1. The topological polar surface area (TPSA) is 40.5 Å². The summed E-state index contributed by atoms with van der Waals surface area (Å²) in [5.74, 6) is -0.463. The fourth-order valence-corrected chi connectivity index (χ4v) is 0.779. The first-order valence-corrected chi connectivity index (χ1v) is 3.56. The first-order chi connectivity index (χ1) is 4.63. The first kappa shape index (κ1) is 9.85. The van der Waals surface area contributed by atoms with Crippen molar-refractivity contribution >= 4 is 0 Å². The van der Waals surface area contributed by atoms with Gasteiger partial charge in [-0.2, -0.15) is 0 Å². The zero-order valence-corrected chi connectivity index (χ0v) is 6.42. The Morgan fingerprint density at radius 3 is 2.30 bits per heavy atom. The van der Waals surface area contributed by atoms with Crippen LogP contribution in [0.5, 0.6) is 0 Å². The van der Waals surface area contributed by atoms with Crippen LogP contribution in [-0.4, -0.2) is 29.1 Å². The van der Waals surface area contributed by atoms with Crippen LogP contribution in [0.4, 0.5) is 4.39 Å². The molecule has 0 aromatic heterocycles. The van der Waals surface area contributed by atoms with Gasteiger partial charge in [-0.05, 0) is 6.42 Å². The fraction of sp³-hybridized carbons (Fsp3) is 1.00. The highest BCUT2D eigenvalue weighted by Gasteiger charge is 2.21. The molecular weight excluding hydrogens is 135 g/mol. The van der Waals surface area contributed by atoms with E-state index in [9.17, 15) is 4.39 Å². The lowest BCUT2D eigenvalue weighted by Crippen LogP contribution is -2.28. The van der Waals surface area contributed by atoms with Gasteiger partial charge in [0.15, 0.2) is 0 Å².